The molecule has 324 valence electrons. The zero-order valence-corrected chi connectivity index (χ0v) is 35.1. The van der Waals surface area contributed by atoms with Gasteiger partial charge in [-0.25, -0.2) is 4.57 Å². The van der Waals surface area contributed by atoms with Crippen molar-refractivity contribution in [3.05, 3.63) is 24.3 Å². The second-order valence-corrected chi connectivity index (χ2v) is 16.6. The quantitative estimate of drug-likeness (QED) is 0.0154. The van der Waals surface area contributed by atoms with Crippen LogP contribution in [0.5, 0.6) is 0 Å². The van der Waals surface area contributed by atoms with Crippen molar-refractivity contribution in [2.45, 2.75) is 217 Å². The van der Waals surface area contributed by atoms with Crippen LogP contribution in [0.2, 0.25) is 0 Å². The van der Waals surface area contributed by atoms with Crippen LogP contribution in [0.15, 0.2) is 24.3 Å². The molecule has 6 atom stereocenters. The third kappa shape index (κ3) is 26.4. The van der Waals surface area contributed by atoms with Crippen molar-refractivity contribution >= 4 is 13.8 Å². The Kier molecular flexibility index (Phi) is 31.8. The lowest BCUT2D eigenvalue weighted by atomic mass is 9.85. The van der Waals surface area contributed by atoms with Gasteiger partial charge in [-0.15, -0.1) is 0 Å². The lowest BCUT2D eigenvalue weighted by Gasteiger charge is -2.41. The van der Waals surface area contributed by atoms with Crippen molar-refractivity contribution in [1.29, 1.82) is 0 Å². The summed E-state index contributed by atoms with van der Waals surface area (Å²) in [5.41, 5.74) is 0. The first-order valence-electron chi connectivity index (χ1n) is 21.7. The second-order valence-electron chi connectivity index (χ2n) is 15.2. The molecule has 0 bridgehead atoms. The molecule has 0 saturated heterocycles. The molecular weight excluding hydrogens is 727 g/mol. The second kappa shape index (κ2) is 33.8. The van der Waals surface area contributed by atoms with Crippen molar-refractivity contribution in [2.75, 3.05) is 19.8 Å². The number of phosphoric acid groups is 1. The number of allylic oxidation sites excluding steroid dienone is 4. The fourth-order valence-corrected chi connectivity index (χ4v) is 7.49. The van der Waals surface area contributed by atoms with E-state index in [2.05, 4.69) is 38.2 Å². The Morgan fingerprint density at radius 3 is 1.45 bits per heavy atom. The van der Waals surface area contributed by atoms with E-state index in [1.165, 1.54) is 77.0 Å². The molecule has 0 aromatic carbocycles. The maximum absolute atomic E-state index is 12.8. The summed E-state index contributed by atoms with van der Waals surface area (Å²) in [5, 5.41) is 50.1. The number of hydrogen-bond donors (Lipinski definition) is 6. The number of carbonyl (C=O) groups excluding carboxylic acids is 1. The van der Waals surface area contributed by atoms with Gasteiger partial charge in [0.15, 0.2) is 0 Å². The van der Waals surface area contributed by atoms with E-state index in [4.69, 9.17) is 18.5 Å². The Bertz CT molecular complexity index is 1010. The number of carbonyl (C=O) groups is 1. The molecule has 1 saturated carbocycles. The summed E-state index contributed by atoms with van der Waals surface area (Å²) in [7, 11) is -5.01. The minimum Gasteiger partial charge on any atom is -0.457 e. The molecule has 1 aliphatic carbocycles. The van der Waals surface area contributed by atoms with Crippen LogP contribution in [0, 0.1) is 0 Å². The molecule has 0 aromatic heterocycles. The molecule has 0 spiro atoms. The van der Waals surface area contributed by atoms with Crippen LogP contribution in [0.3, 0.4) is 0 Å². The first-order valence-corrected chi connectivity index (χ1v) is 23.2. The van der Waals surface area contributed by atoms with Gasteiger partial charge < -0.3 is 39.9 Å². The molecule has 0 heterocycles. The van der Waals surface area contributed by atoms with E-state index in [-0.39, 0.29) is 13.0 Å². The number of ether oxygens (including phenoxy) is 2. The van der Waals surface area contributed by atoms with Gasteiger partial charge in [0.25, 0.3) is 0 Å². The molecule has 12 nitrogen and oxygen atoms in total. The highest BCUT2D eigenvalue weighted by molar-refractivity contribution is 7.47. The lowest BCUT2D eigenvalue weighted by molar-refractivity contribution is -0.220. The van der Waals surface area contributed by atoms with Gasteiger partial charge in [0.05, 0.1) is 13.2 Å². The normalized spacial score (nSPS) is 23.4. The molecular formula is C42H79O12P. The topological polar surface area (TPSA) is 192 Å². The fourth-order valence-electron chi connectivity index (χ4n) is 6.52. The maximum Gasteiger partial charge on any atom is 0.472 e. The Morgan fingerprint density at radius 2 is 0.964 bits per heavy atom. The van der Waals surface area contributed by atoms with Crippen molar-refractivity contribution in [1.82, 2.24) is 0 Å². The van der Waals surface area contributed by atoms with E-state index in [0.717, 1.165) is 70.6 Å². The highest BCUT2D eigenvalue weighted by Crippen LogP contribution is 2.47. The van der Waals surface area contributed by atoms with Crippen LogP contribution in [-0.4, -0.2) is 98.9 Å². The summed E-state index contributed by atoms with van der Waals surface area (Å²) < 4.78 is 34.1. The van der Waals surface area contributed by atoms with Crippen LogP contribution < -0.4 is 0 Å². The number of aliphatic hydroxyl groups is 5. The summed E-state index contributed by atoms with van der Waals surface area (Å²) >= 11 is 0. The third-order valence-corrected chi connectivity index (χ3v) is 11.0. The molecule has 0 amide bonds. The SMILES string of the molecule is CCCCCC/C=C\CCCCCCCCOCC(COP(=O)(O)OC1C(O)C(O)C(O)C(O)C1O)OC(=O)CCCCCCC/C=C\CCCCCCC. The number of hydrogen-bond acceptors (Lipinski definition) is 11. The van der Waals surface area contributed by atoms with Gasteiger partial charge >= 0.3 is 13.8 Å². The molecule has 0 radical (unpaired) electrons. The van der Waals surface area contributed by atoms with Gasteiger partial charge in [0.2, 0.25) is 0 Å². The average molecular weight is 807 g/mol. The van der Waals surface area contributed by atoms with Crippen LogP contribution >= 0.6 is 7.82 Å². The van der Waals surface area contributed by atoms with Crippen molar-refractivity contribution in [2.24, 2.45) is 0 Å². The average Bonchev–Trinajstić information content (AvgIpc) is 3.17. The zero-order chi connectivity index (χ0) is 40.6. The van der Waals surface area contributed by atoms with E-state index in [9.17, 15) is 39.8 Å². The Morgan fingerprint density at radius 1 is 0.564 bits per heavy atom. The van der Waals surface area contributed by atoms with Gasteiger partial charge in [-0.1, -0.05) is 128 Å². The van der Waals surface area contributed by atoms with Crippen LogP contribution in [0.1, 0.15) is 174 Å². The highest BCUT2D eigenvalue weighted by atomic mass is 31.2. The van der Waals surface area contributed by atoms with Crippen LogP contribution in [0.4, 0.5) is 0 Å². The third-order valence-electron chi connectivity index (χ3n) is 10.0. The van der Waals surface area contributed by atoms with Crippen molar-refractivity contribution in [3.8, 4) is 0 Å². The summed E-state index contributed by atoms with van der Waals surface area (Å²) in [6.45, 7) is 4.20. The smallest absolute Gasteiger partial charge is 0.457 e. The van der Waals surface area contributed by atoms with Gasteiger partial charge in [-0.05, 0) is 64.2 Å². The molecule has 1 fully saturated rings. The minimum absolute atomic E-state index is 0.0823. The first kappa shape index (κ1) is 51.8. The van der Waals surface area contributed by atoms with E-state index in [1.807, 2.05) is 0 Å². The Labute approximate surface area is 332 Å². The summed E-state index contributed by atoms with van der Waals surface area (Å²) in [4.78, 5) is 23.1. The maximum atomic E-state index is 12.8. The van der Waals surface area contributed by atoms with Gasteiger partial charge in [-0.3, -0.25) is 13.8 Å². The number of phosphoric ester groups is 1. The van der Waals surface area contributed by atoms with Crippen LogP contribution in [-0.2, 0) is 27.9 Å². The molecule has 6 N–H and O–H groups in total. The van der Waals surface area contributed by atoms with E-state index in [1.54, 1.807) is 0 Å². The number of esters is 1. The highest BCUT2D eigenvalue weighted by Gasteiger charge is 2.51. The van der Waals surface area contributed by atoms with E-state index >= 15 is 0 Å². The van der Waals surface area contributed by atoms with Crippen molar-refractivity contribution in [3.63, 3.8) is 0 Å². The van der Waals surface area contributed by atoms with Crippen LogP contribution in [0.25, 0.3) is 0 Å². The lowest BCUT2D eigenvalue weighted by Crippen LogP contribution is -2.64. The molecule has 13 heteroatoms. The molecule has 1 aliphatic rings. The number of rotatable bonds is 36. The molecule has 0 aromatic rings. The summed E-state index contributed by atoms with van der Waals surface area (Å²) in [6.07, 6.45) is 23.9. The molecule has 55 heavy (non-hydrogen) atoms. The monoisotopic (exact) mass is 807 g/mol. The van der Waals surface area contributed by atoms with Gasteiger partial charge in [-0.2, -0.15) is 0 Å². The van der Waals surface area contributed by atoms with E-state index in [0.29, 0.717) is 13.0 Å². The fraction of sp³-hybridized carbons (Fsp3) is 0.881. The van der Waals surface area contributed by atoms with E-state index < -0.39 is 63.1 Å². The number of aliphatic hydroxyl groups excluding tert-OH is 5. The standard InChI is InChI=1S/C42H79O12P/c1-3-5-7-9-11-13-15-17-19-21-23-25-27-29-31-36(43)53-35(33-51-32-30-28-26-24-22-20-18-16-14-12-10-8-6-4-2)34-52-55(49,50)54-42-40(47)38(45)37(44)39(46)41(42)48/h14-17,35,37-42,44-48H,3-13,18-34H2,1-2H3,(H,49,50)/b16-14-,17-15-. The molecule has 1 rings (SSSR count). The molecule has 0 aliphatic heterocycles. The Balaban J connectivity index is 2.44. The van der Waals surface area contributed by atoms with Gasteiger partial charge in [0.1, 0.15) is 42.7 Å². The predicted molar refractivity (Wildman–Crippen MR) is 216 cm³/mol. The predicted octanol–water partition coefficient (Wildman–Crippen LogP) is 8.14. The van der Waals surface area contributed by atoms with Gasteiger partial charge in [0, 0.05) is 13.0 Å². The molecule has 6 unspecified atom stereocenters. The first-order chi connectivity index (χ1) is 26.5. The summed E-state index contributed by atoms with van der Waals surface area (Å²) in [6, 6.07) is 0. The number of unbranched alkanes of at least 4 members (excludes halogenated alkanes) is 20. The van der Waals surface area contributed by atoms with Crippen molar-refractivity contribution < 1.29 is 58.3 Å². The minimum atomic E-state index is -5.01. The Hall–Kier alpha value is -1.18. The largest absolute Gasteiger partial charge is 0.472 e. The summed E-state index contributed by atoms with van der Waals surface area (Å²) in [5.74, 6) is -0.488. The zero-order valence-electron chi connectivity index (χ0n) is 34.2.